The Morgan fingerprint density at radius 2 is 1.30 bits per heavy atom. The van der Waals surface area contributed by atoms with Gasteiger partial charge < -0.3 is 14.3 Å². The van der Waals surface area contributed by atoms with Gasteiger partial charge in [0.1, 0.15) is 17.6 Å². The molecule has 0 heterocycles. The molecule has 0 spiro atoms. The Morgan fingerprint density at radius 1 is 0.757 bits per heavy atom. The molecule has 0 aliphatic carbocycles. The summed E-state index contributed by atoms with van der Waals surface area (Å²) in [6, 6.07) is 19.2. The number of benzene rings is 3. The van der Waals surface area contributed by atoms with Crippen molar-refractivity contribution in [3.8, 4) is 22.6 Å². The molecule has 0 bridgehead atoms. The predicted molar refractivity (Wildman–Crippen MR) is 146 cm³/mol. The molecule has 1 unspecified atom stereocenters. The van der Waals surface area contributed by atoms with Gasteiger partial charge in [-0.3, -0.25) is 0 Å². The SMILES string of the molecule is CC(C)(C)c1ccc(C(O)c2cc(-c3ccc(OC(F)(F)F)cc3)ccc2O[Si](C)(C)C(C)(C)C)cc1. The average molecular weight is 531 g/mol. The van der Waals surface area contributed by atoms with E-state index >= 15 is 0 Å². The second-order valence-corrected chi connectivity index (χ2v) is 16.7. The van der Waals surface area contributed by atoms with Gasteiger partial charge in [0, 0.05) is 5.56 Å². The minimum Gasteiger partial charge on any atom is -0.543 e. The molecule has 0 fully saturated rings. The molecule has 7 heteroatoms. The van der Waals surface area contributed by atoms with E-state index in [9.17, 15) is 18.3 Å². The summed E-state index contributed by atoms with van der Waals surface area (Å²) in [6.45, 7) is 17.2. The number of alkyl halides is 3. The van der Waals surface area contributed by atoms with Crippen LogP contribution in [0.5, 0.6) is 11.5 Å². The van der Waals surface area contributed by atoms with Crippen LogP contribution in [0.1, 0.15) is 64.3 Å². The van der Waals surface area contributed by atoms with Gasteiger partial charge in [-0.25, -0.2) is 0 Å². The van der Waals surface area contributed by atoms with Gasteiger partial charge >= 0.3 is 6.36 Å². The highest BCUT2D eigenvalue weighted by molar-refractivity contribution is 6.74. The van der Waals surface area contributed by atoms with E-state index in [4.69, 9.17) is 4.43 Å². The van der Waals surface area contributed by atoms with Crippen molar-refractivity contribution in [3.05, 3.63) is 83.4 Å². The summed E-state index contributed by atoms with van der Waals surface area (Å²) >= 11 is 0. The van der Waals surface area contributed by atoms with Crippen molar-refractivity contribution < 1.29 is 27.4 Å². The molecule has 0 aliphatic rings. The normalized spacial score (nSPS) is 13.8. The molecule has 0 radical (unpaired) electrons. The number of aliphatic hydroxyl groups is 1. The summed E-state index contributed by atoms with van der Waals surface area (Å²) in [5.41, 5.74) is 3.95. The molecule has 3 aromatic carbocycles. The largest absolute Gasteiger partial charge is 0.573 e. The predicted octanol–water partition coefficient (Wildman–Crippen LogP) is 9.02. The van der Waals surface area contributed by atoms with Gasteiger partial charge in [-0.05, 0) is 70.1 Å². The number of hydrogen-bond donors (Lipinski definition) is 1. The Morgan fingerprint density at radius 3 is 1.78 bits per heavy atom. The zero-order valence-electron chi connectivity index (χ0n) is 22.8. The minimum absolute atomic E-state index is 0.0119. The fourth-order valence-electron chi connectivity index (χ4n) is 3.66. The number of ether oxygens (including phenoxy) is 1. The first-order valence-electron chi connectivity index (χ1n) is 12.3. The van der Waals surface area contributed by atoms with Crippen molar-refractivity contribution >= 4 is 8.32 Å². The number of rotatable bonds is 6. The Balaban J connectivity index is 2.04. The fraction of sp³-hybridized carbons (Fsp3) is 0.400. The van der Waals surface area contributed by atoms with Crippen molar-refractivity contribution in [2.24, 2.45) is 0 Å². The van der Waals surface area contributed by atoms with Crippen LogP contribution < -0.4 is 9.16 Å². The second-order valence-electron chi connectivity index (χ2n) is 12.0. The summed E-state index contributed by atoms with van der Waals surface area (Å²) in [7, 11) is -2.22. The van der Waals surface area contributed by atoms with Crippen molar-refractivity contribution in [1.82, 2.24) is 0 Å². The third kappa shape index (κ3) is 7.17. The van der Waals surface area contributed by atoms with Gasteiger partial charge in [0.05, 0.1) is 0 Å². The number of hydrogen-bond acceptors (Lipinski definition) is 3. The van der Waals surface area contributed by atoms with E-state index in [-0.39, 0.29) is 16.2 Å². The van der Waals surface area contributed by atoms with E-state index in [0.717, 1.165) is 16.7 Å². The summed E-state index contributed by atoms with van der Waals surface area (Å²) in [5.74, 6) is 0.327. The van der Waals surface area contributed by atoms with Crippen LogP contribution in [0.25, 0.3) is 11.1 Å². The molecule has 0 amide bonds. The van der Waals surface area contributed by atoms with Gasteiger partial charge in [0.25, 0.3) is 0 Å². The summed E-state index contributed by atoms with van der Waals surface area (Å²) in [5, 5.41) is 11.5. The van der Waals surface area contributed by atoms with Gasteiger partial charge in [0.2, 0.25) is 8.32 Å². The molecule has 1 atom stereocenters. The van der Waals surface area contributed by atoms with E-state index in [0.29, 0.717) is 16.9 Å². The van der Waals surface area contributed by atoms with Crippen molar-refractivity contribution in [3.63, 3.8) is 0 Å². The highest BCUT2D eigenvalue weighted by Gasteiger charge is 2.39. The molecular formula is C30H37F3O3Si. The maximum atomic E-state index is 12.6. The lowest BCUT2D eigenvalue weighted by Crippen LogP contribution is -2.44. The van der Waals surface area contributed by atoms with Crippen LogP contribution in [0.2, 0.25) is 18.1 Å². The Kier molecular flexibility index (Phi) is 7.92. The van der Waals surface area contributed by atoms with Gasteiger partial charge in [0.15, 0.2) is 0 Å². The molecule has 3 nitrogen and oxygen atoms in total. The minimum atomic E-state index is -4.75. The standard InChI is InChI=1S/C30H37F3O3Si/c1-28(2,3)23-14-9-21(10-15-23)27(34)25-19-22(13-18-26(25)36-37(7,8)29(4,5)6)20-11-16-24(17-12-20)35-30(31,32)33/h9-19,27,34H,1-8H3. The van der Waals surface area contributed by atoms with E-state index < -0.39 is 20.8 Å². The third-order valence-corrected chi connectivity index (χ3v) is 11.3. The van der Waals surface area contributed by atoms with Crippen LogP contribution in [0, 0.1) is 0 Å². The van der Waals surface area contributed by atoms with Gasteiger partial charge in [-0.2, -0.15) is 0 Å². The monoisotopic (exact) mass is 530 g/mol. The number of aliphatic hydroxyl groups excluding tert-OH is 1. The second kappa shape index (κ2) is 10.2. The Hall–Kier alpha value is -2.77. The molecule has 0 aliphatic heterocycles. The summed E-state index contributed by atoms with van der Waals surface area (Å²) in [4.78, 5) is 0. The maximum Gasteiger partial charge on any atom is 0.573 e. The smallest absolute Gasteiger partial charge is 0.543 e. The van der Waals surface area contributed by atoms with Gasteiger partial charge in [-0.15, -0.1) is 13.2 Å². The van der Waals surface area contributed by atoms with Crippen molar-refractivity contribution in [2.75, 3.05) is 0 Å². The molecule has 3 rings (SSSR count). The van der Waals surface area contributed by atoms with Crippen molar-refractivity contribution in [1.29, 1.82) is 0 Å². The third-order valence-electron chi connectivity index (χ3n) is 6.99. The zero-order valence-corrected chi connectivity index (χ0v) is 23.8. The van der Waals surface area contributed by atoms with E-state index in [2.05, 4.69) is 59.4 Å². The van der Waals surface area contributed by atoms with E-state index in [1.54, 1.807) is 12.1 Å². The highest BCUT2D eigenvalue weighted by atomic mass is 28.4. The molecule has 3 aromatic rings. The van der Waals surface area contributed by atoms with Crippen LogP contribution in [0.4, 0.5) is 13.2 Å². The van der Waals surface area contributed by atoms with Crippen LogP contribution in [0.15, 0.2) is 66.7 Å². The lowest BCUT2D eigenvalue weighted by Gasteiger charge is -2.37. The lowest BCUT2D eigenvalue weighted by molar-refractivity contribution is -0.274. The quantitative estimate of drug-likeness (QED) is 0.323. The number of halogens is 3. The molecule has 0 saturated carbocycles. The molecule has 200 valence electrons. The molecule has 0 aromatic heterocycles. The molecule has 0 saturated heterocycles. The Bertz CT molecular complexity index is 1200. The molecule has 1 N–H and O–H groups in total. The van der Waals surface area contributed by atoms with E-state index in [1.165, 1.54) is 12.1 Å². The zero-order chi connectivity index (χ0) is 27.8. The summed E-state index contributed by atoms with van der Waals surface area (Å²) < 4.78 is 48.3. The first kappa shape index (κ1) is 28.8. The van der Waals surface area contributed by atoms with Crippen LogP contribution >= 0.6 is 0 Å². The van der Waals surface area contributed by atoms with Gasteiger partial charge in [-0.1, -0.05) is 84.0 Å². The van der Waals surface area contributed by atoms with Crippen LogP contribution in [0.3, 0.4) is 0 Å². The molecular weight excluding hydrogens is 493 g/mol. The van der Waals surface area contributed by atoms with Crippen molar-refractivity contribution in [2.45, 2.75) is 77.6 Å². The lowest BCUT2D eigenvalue weighted by atomic mass is 9.86. The van der Waals surface area contributed by atoms with Crippen LogP contribution in [-0.4, -0.2) is 19.8 Å². The Labute approximate surface area is 219 Å². The molecule has 37 heavy (non-hydrogen) atoms. The van der Waals surface area contributed by atoms with Crippen LogP contribution in [-0.2, 0) is 5.41 Å². The first-order valence-corrected chi connectivity index (χ1v) is 15.3. The maximum absolute atomic E-state index is 12.6. The first-order chi connectivity index (χ1) is 16.9. The topological polar surface area (TPSA) is 38.7 Å². The average Bonchev–Trinajstić information content (AvgIpc) is 2.77. The summed E-state index contributed by atoms with van der Waals surface area (Å²) in [6.07, 6.45) is -5.69. The highest BCUT2D eigenvalue weighted by Crippen LogP contribution is 2.41. The van der Waals surface area contributed by atoms with E-state index in [1.807, 2.05) is 42.5 Å². The fourth-order valence-corrected chi connectivity index (χ4v) is 4.70.